The van der Waals surface area contributed by atoms with E-state index in [1.54, 1.807) is 37.2 Å². The average molecular weight is 463 g/mol. The van der Waals surface area contributed by atoms with E-state index in [0.717, 1.165) is 11.3 Å². The zero-order chi connectivity index (χ0) is 23.2. The second kappa shape index (κ2) is 10.3. The standard InChI is InChI=1S/C25H23FN4O2S/c1-29(2)24(31)23(18-11-5-3-6-12-18)33-25-28-27-22(30(25)19-13-7-4-8-14-19)17-32-21-16-10-9-15-20(21)26/h3-16,23H,17H2,1-2H3/t23-/m1/s1. The Balaban J connectivity index is 1.70. The Bertz CT molecular complexity index is 1220. The van der Waals surface area contributed by atoms with Gasteiger partial charge in [-0.3, -0.25) is 9.36 Å². The topological polar surface area (TPSA) is 60.3 Å². The third-order valence-corrected chi connectivity index (χ3v) is 6.08. The van der Waals surface area contributed by atoms with Crippen LogP contribution in [-0.4, -0.2) is 39.7 Å². The fourth-order valence-corrected chi connectivity index (χ4v) is 4.46. The van der Waals surface area contributed by atoms with Crippen molar-refractivity contribution in [3.05, 3.63) is 102 Å². The van der Waals surface area contributed by atoms with E-state index in [-0.39, 0.29) is 18.3 Å². The molecule has 0 fully saturated rings. The Kier molecular flexibility index (Phi) is 7.04. The van der Waals surface area contributed by atoms with Crippen LogP contribution in [0.15, 0.2) is 90.1 Å². The summed E-state index contributed by atoms with van der Waals surface area (Å²) >= 11 is 1.31. The first-order valence-corrected chi connectivity index (χ1v) is 11.2. The highest BCUT2D eigenvalue weighted by molar-refractivity contribution is 8.00. The summed E-state index contributed by atoms with van der Waals surface area (Å²) in [5, 5.41) is 8.71. The van der Waals surface area contributed by atoms with E-state index in [9.17, 15) is 9.18 Å². The van der Waals surface area contributed by atoms with E-state index < -0.39 is 11.1 Å². The van der Waals surface area contributed by atoms with Crippen LogP contribution in [0.25, 0.3) is 5.69 Å². The maximum Gasteiger partial charge on any atom is 0.240 e. The molecule has 1 heterocycles. The van der Waals surface area contributed by atoms with Crippen LogP contribution in [0.5, 0.6) is 5.75 Å². The van der Waals surface area contributed by atoms with E-state index in [4.69, 9.17) is 4.74 Å². The van der Waals surface area contributed by atoms with Crippen molar-refractivity contribution in [1.29, 1.82) is 0 Å². The molecule has 0 aliphatic carbocycles. The third-order valence-electron chi connectivity index (χ3n) is 4.90. The van der Waals surface area contributed by atoms with Gasteiger partial charge >= 0.3 is 0 Å². The van der Waals surface area contributed by atoms with Crippen LogP contribution in [0.3, 0.4) is 0 Å². The number of halogens is 1. The molecule has 0 bridgehead atoms. The number of aromatic nitrogens is 3. The molecule has 0 N–H and O–H groups in total. The van der Waals surface area contributed by atoms with Gasteiger partial charge in [0.05, 0.1) is 0 Å². The molecule has 0 aliphatic heterocycles. The molecule has 33 heavy (non-hydrogen) atoms. The number of rotatable bonds is 8. The van der Waals surface area contributed by atoms with Crippen LogP contribution < -0.4 is 4.74 Å². The summed E-state index contributed by atoms with van der Waals surface area (Å²) in [5.74, 6) is 0.131. The SMILES string of the molecule is CN(C)C(=O)[C@H](Sc1nnc(COc2ccccc2F)n1-c1ccccc1)c1ccccc1. The highest BCUT2D eigenvalue weighted by atomic mass is 32.2. The van der Waals surface area contributed by atoms with Gasteiger partial charge in [-0.1, -0.05) is 72.4 Å². The molecule has 8 heteroatoms. The van der Waals surface area contributed by atoms with Gasteiger partial charge < -0.3 is 9.64 Å². The Morgan fingerprint density at radius 2 is 1.61 bits per heavy atom. The van der Waals surface area contributed by atoms with Crippen molar-refractivity contribution >= 4 is 17.7 Å². The summed E-state index contributed by atoms with van der Waals surface area (Å²) in [6.07, 6.45) is 0. The van der Waals surface area contributed by atoms with Crippen molar-refractivity contribution in [3.63, 3.8) is 0 Å². The first-order valence-electron chi connectivity index (χ1n) is 10.3. The summed E-state index contributed by atoms with van der Waals surface area (Å²) in [5.41, 5.74) is 1.69. The van der Waals surface area contributed by atoms with Crippen LogP contribution in [0, 0.1) is 5.82 Å². The number of ether oxygens (including phenoxy) is 1. The molecule has 6 nitrogen and oxygen atoms in total. The van der Waals surface area contributed by atoms with Gasteiger partial charge in [0.15, 0.2) is 22.5 Å². The van der Waals surface area contributed by atoms with E-state index in [1.165, 1.54) is 17.8 Å². The van der Waals surface area contributed by atoms with Gasteiger partial charge in [0.2, 0.25) is 5.91 Å². The molecule has 4 rings (SSSR count). The molecule has 1 aromatic heterocycles. The minimum atomic E-state index is -0.506. The number of hydrogen-bond donors (Lipinski definition) is 0. The smallest absolute Gasteiger partial charge is 0.240 e. The van der Waals surface area contributed by atoms with Crippen LogP contribution in [0.4, 0.5) is 4.39 Å². The number of hydrogen-bond acceptors (Lipinski definition) is 5. The number of amides is 1. The molecule has 0 aliphatic rings. The molecular weight excluding hydrogens is 439 g/mol. The first-order chi connectivity index (χ1) is 16.0. The lowest BCUT2D eigenvalue weighted by atomic mass is 10.1. The maximum atomic E-state index is 14.0. The van der Waals surface area contributed by atoms with Crippen LogP contribution in [0.2, 0.25) is 0 Å². The van der Waals surface area contributed by atoms with Crippen molar-refractivity contribution in [2.24, 2.45) is 0 Å². The van der Waals surface area contributed by atoms with Crippen LogP contribution >= 0.6 is 11.8 Å². The predicted octanol–water partition coefficient (Wildman–Crippen LogP) is 4.91. The zero-order valence-electron chi connectivity index (χ0n) is 18.3. The second-order valence-corrected chi connectivity index (χ2v) is 8.50. The van der Waals surface area contributed by atoms with Gasteiger partial charge in [0, 0.05) is 19.8 Å². The van der Waals surface area contributed by atoms with Crippen molar-refractivity contribution in [2.45, 2.75) is 17.0 Å². The number of nitrogens with zero attached hydrogens (tertiary/aromatic N) is 4. The molecule has 0 saturated carbocycles. The Hall–Kier alpha value is -3.65. The van der Waals surface area contributed by atoms with E-state index in [1.807, 2.05) is 65.2 Å². The number of thioether (sulfide) groups is 1. The Labute approximate surface area is 196 Å². The highest BCUT2D eigenvalue weighted by Gasteiger charge is 2.27. The quantitative estimate of drug-likeness (QED) is 0.348. The lowest BCUT2D eigenvalue weighted by Crippen LogP contribution is -2.27. The number of likely N-dealkylation sites (N-methyl/N-ethyl adjacent to an activating group) is 1. The Morgan fingerprint density at radius 3 is 2.27 bits per heavy atom. The van der Waals surface area contributed by atoms with Crippen molar-refractivity contribution < 1.29 is 13.9 Å². The van der Waals surface area contributed by atoms with Crippen LogP contribution in [-0.2, 0) is 11.4 Å². The van der Waals surface area contributed by atoms with Crippen molar-refractivity contribution in [3.8, 4) is 11.4 Å². The monoisotopic (exact) mass is 462 g/mol. The zero-order valence-corrected chi connectivity index (χ0v) is 19.1. The molecular formula is C25H23FN4O2S. The lowest BCUT2D eigenvalue weighted by Gasteiger charge is -2.20. The van der Waals surface area contributed by atoms with Gasteiger partial charge in [0.25, 0.3) is 0 Å². The average Bonchev–Trinajstić information content (AvgIpc) is 3.25. The van der Waals surface area contributed by atoms with Crippen molar-refractivity contribution in [2.75, 3.05) is 14.1 Å². The van der Waals surface area contributed by atoms with Crippen LogP contribution in [0.1, 0.15) is 16.6 Å². The van der Waals surface area contributed by atoms with Gasteiger partial charge in [-0.25, -0.2) is 4.39 Å². The molecule has 1 atom stereocenters. The summed E-state index contributed by atoms with van der Waals surface area (Å²) in [6, 6.07) is 25.4. The number of carbonyl (C=O) groups is 1. The van der Waals surface area contributed by atoms with E-state index >= 15 is 0 Å². The van der Waals surface area contributed by atoms with Crippen molar-refractivity contribution in [1.82, 2.24) is 19.7 Å². The number of benzene rings is 3. The van der Waals surface area contributed by atoms with Gasteiger partial charge in [0.1, 0.15) is 11.9 Å². The normalized spacial score (nSPS) is 11.7. The summed E-state index contributed by atoms with van der Waals surface area (Å²) in [6.45, 7) is 0.0149. The van der Waals surface area contributed by atoms with E-state index in [2.05, 4.69) is 10.2 Å². The lowest BCUT2D eigenvalue weighted by molar-refractivity contribution is -0.128. The molecule has 0 unspecified atom stereocenters. The minimum Gasteiger partial charge on any atom is -0.483 e. The molecule has 0 saturated heterocycles. The molecule has 4 aromatic rings. The highest BCUT2D eigenvalue weighted by Crippen LogP contribution is 2.37. The summed E-state index contributed by atoms with van der Waals surface area (Å²) in [4.78, 5) is 14.6. The molecule has 1 amide bonds. The Morgan fingerprint density at radius 1 is 0.970 bits per heavy atom. The molecule has 0 radical (unpaired) electrons. The molecule has 3 aromatic carbocycles. The van der Waals surface area contributed by atoms with Gasteiger partial charge in [-0.15, -0.1) is 10.2 Å². The molecule has 168 valence electrons. The maximum absolute atomic E-state index is 14.0. The molecule has 0 spiro atoms. The van der Waals surface area contributed by atoms with E-state index in [0.29, 0.717) is 11.0 Å². The fraction of sp³-hybridized carbons (Fsp3) is 0.160. The number of para-hydroxylation sites is 2. The first kappa shape index (κ1) is 22.5. The fourth-order valence-electron chi connectivity index (χ4n) is 3.24. The summed E-state index contributed by atoms with van der Waals surface area (Å²) < 4.78 is 21.6. The summed E-state index contributed by atoms with van der Waals surface area (Å²) in [7, 11) is 3.46. The van der Waals surface area contributed by atoms with Gasteiger partial charge in [-0.05, 0) is 29.8 Å². The third kappa shape index (κ3) is 5.23. The number of carbonyl (C=O) groups excluding carboxylic acids is 1. The second-order valence-electron chi connectivity index (χ2n) is 7.43. The predicted molar refractivity (Wildman–Crippen MR) is 126 cm³/mol. The van der Waals surface area contributed by atoms with Gasteiger partial charge in [-0.2, -0.15) is 0 Å². The largest absolute Gasteiger partial charge is 0.483 e. The minimum absolute atomic E-state index is 0.0149.